The van der Waals surface area contributed by atoms with Crippen molar-refractivity contribution >= 4 is 17.7 Å². The average molecular weight is 321 g/mol. The summed E-state index contributed by atoms with van der Waals surface area (Å²) in [5.74, 6) is 1.92. The molecule has 6 heteroatoms. The lowest BCUT2D eigenvalue weighted by Crippen LogP contribution is -2.48. The van der Waals surface area contributed by atoms with Crippen molar-refractivity contribution in [2.75, 3.05) is 18.8 Å². The molecule has 2 aliphatic rings. The van der Waals surface area contributed by atoms with Gasteiger partial charge < -0.3 is 4.90 Å². The summed E-state index contributed by atoms with van der Waals surface area (Å²) in [6.45, 7) is 8.34. The summed E-state index contributed by atoms with van der Waals surface area (Å²) in [4.78, 5) is 31.4. The van der Waals surface area contributed by atoms with E-state index in [4.69, 9.17) is 0 Å². The van der Waals surface area contributed by atoms with Gasteiger partial charge in [0.25, 0.3) is 5.56 Å². The van der Waals surface area contributed by atoms with Crippen LogP contribution in [0.3, 0.4) is 0 Å². The fraction of sp³-hybridized carbons (Fsp3) is 0.688. The highest BCUT2D eigenvalue weighted by Gasteiger charge is 2.33. The zero-order chi connectivity index (χ0) is 15.9. The number of carbonyl (C=O) groups is 1. The Kier molecular flexibility index (Phi) is 4.30. The number of hydrogen-bond donors (Lipinski definition) is 0. The molecule has 0 saturated carbocycles. The molecule has 3 atom stereocenters. The minimum Gasteiger partial charge on any atom is -0.342 e. The summed E-state index contributed by atoms with van der Waals surface area (Å²) in [7, 11) is 0. The van der Waals surface area contributed by atoms with Gasteiger partial charge in [-0.05, 0) is 25.2 Å². The zero-order valence-electron chi connectivity index (χ0n) is 13.4. The van der Waals surface area contributed by atoms with Crippen LogP contribution in [0.25, 0.3) is 0 Å². The van der Waals surface area contributed by atoms with Gasteiger partial charge in [-0.3, -0.25) is 14.2 Å². The summed E-state index contributed by atoms with van der Waals surface area (Å²) in [5.41, 5.74) is 0.619. The number of aryl methyl sites for hydroxylation is 1. The van der Waals surface area contributed by atoms with Crippen molar-refractivity contribution < 1.29 is 4.79 Å². The number of nitrogens with zero attached hydrogens (tertiary/aromatic N) is 3. The third-order valence-corrected chi connectivity index (χ3v) is 5.68. The van der Waals surface area contributed by atoms with E-state index in [1.54, 1.807) is 17.7 Å². The molecule has 1 aromatic heterocycles. The Hall–Kier alpha value is -1.30. The summed E-state index contributed by atoms with van der Waals surface area (Å²) >= 11 is 1.52. The quantitative estimate of drug-likeness (QED) is 0.740. The molecular weight excluding hydrogens is 298 g/mol. The molecule has 0 aromatic carbocycles. The summed E-state index contributed by atoms with van der Waals surface area (Å²) < 4.78 is 1.67. The monoisotopic (exact) mass is 321 g/mol. The van der Waals surface area contributed by atoms with Crippen LogP contribution in [0.15, 0.2) is 16.1 Å². The normalized spacial score (nSPS) is 28.3. The smallest absolute Gasteiger partial charge is 0.257 e. The van der Waals surface area contributed by atoms with Gasteiger partial charge in [0.05, 0.1) is 5.92 Å². The van der Waals surface area contributed by atoms with Crippen LogP contribution in [-0.4, -0.2) is 39.2 Å². The molecule has 0 spiro atoms. The highest BCUT2D eigenvalue weighted by molar-refractivity contribution is 7.99. The van der Waals surface area contributed by atoms with Crippen LogP contribution in [0.2, 0.25) is 0 Å². The average Bonchev–Trinajstić information content (AvgIpc) is 2.49. The van der Waals surface area contributed by atoms with Gasteiger partial charge >= 0.3 is 0 Å². The predicted molar refractivity (Wildman–Crippen MR) is 87.0 cm³/mol. The first-order valence-corrected chi connectivity index (χ1v) is 8.92. The number of fused-ring (bicyclic) bond motifs is 1. The molecule has 2 aliphatic heterocycles. The molecule has 0 N–H and O–H groups in total. The lowest BCUT2D eigenvalue weighted by atomic mass is 9.91. The lowest BCUT2D eigenvalue weighted by Gasteiger charge is -2.37. The zero-order valence-corrected chi connectivity index (χ0v) is 14.2. The Morgan fingerprint density at radius 2 is 1.95 bits per heavy atom. The Balaban J connectivity index is 1.78. The third kappa shape index (κ3) is 2.93. The standard InChI is InChI=1S/C16H23N3O2S/c1-10-4-11(2)7-18(6-10)15(21)13-8-19-14(20)12(3)5-17-16(19)22-9-13/h5,10-11,13H,4,6-9H2,1-3H3. The number of rotatable bonds is 1. The molecule has 1 fully saturated rings. The molecule has 3 unspecified atom stereocenters. The van der Waals surface area contributed by atoms with Gasteiger partial charge in [0.2, 0.25) is 5.91 Å². The van der Waals surface area contributed by atoms with E-state index in [1.165, 1.54) is 18.2 Å². The molecule has 1 aromatic rings. The molecule has 1 saturated heterocycles. The molecule has 5 nitrogen and oxygen atoms in total. The van der Waals surface area contributed by atoms with E-state index in [1.807, 2.05) is 4.90 Å². The van der Waals surface area contributed by atoms with Crippen molar-refractivity contribution in [2.45, 2.75) is 38.9 Å². The molecule has 0 radical (unpaired) electrons. The van der Waals surface area contributed by atoms with Crippen LogP contribution in [-0.2, 0) is 11.3 Å². The minimum absolute atomic E-state index is 0.0182. The molecule has 1 amide bonds. The SMILES string of the molecule is Cc1cnc2n(c1=O)CC(C(=O)N1CC(C)CC(C)C1)CS2. The van der Waals surface area contributed by atoms with Crippen molar-refractivity contribution in [3.63, 3.8) is 0 Å². The number of carbonyl (C=O) groups excluding carboxylic acids is 1. The fourth-order valence-corrected chi connectivity index (χ4v) is 4.59. The van der Waals surface area contributed by atoms with Crippen molar-refractivity contribution in [2.24, 2.45) is 17.8 Å². The molecular formula is C16H23N3O2S. The highest BCUT2D eigenvalue weighted by atomic mass is 32.2. The highest BCUT2D eigenvalue weighted by Crippen LogP contribution is 2.28. The summed E-state index contributed by atoms with van der Waals surface area (Å²) in [5, 5.41) is 0.736. The van der Waals surface area contributed by atoms with E-state index in [0.29, 0.717) is 29.7 Å². The van der Waals surface area contributed by atoms with E-state index >= 15 is 0 Å². The van der Waals surface area contributed by atoms with Crippen molar-refractivity contribution in [3.05, 3.63) is 22.1 Å². The van der Waals surface area contributed by atoms with Gasteiger partial charge in [0, 0.05) is 37.1 Å². The van der Waals surface area contributed by atoms with Gasteiger partial charge in [0.1, 0.15) is 0 Å². The Labute approximate surface area is 135 Å². The topological polar surface area (TPSA) is 55.2 Å². The van der Waals surface area contributed by atoms with Gasteiger partial charge in [0.15, 0.2) is 5.16 Å². The minimum atomic E-state index is -0.115. The van der Waals surface area contributed by atoms with Crippen LogP contribution >= 0.6 is 11.8 Å². The fourth-order valence-electron chi connectivity index (χ4n) is 3.55. The van der Waals surface area contributed by atoms with Gasteiger partial charge in [-0.25, -0.2) is 4.98 Å². The number of piperidine rings is 1. The molecule has 3 rings (SSSR count). The number of aromatic nitrogens is 2. The van der Waals surface area contributed by atoms with E-state index in [2.05, 4.69) is 18.8 Å². The van der Waals surface area contributed by atoms with Crippen molar-refractivity contribution in [1.29, 1.82) is 0 Å². The van der Waals surface area contributed by atoms with Crippen LogP contribution in [0.1, 0.15) is 25.8 Å². The number of likely N-dealkylation sites (tertiary alicyclic amines) is 1. The number of hydrogen-bond acceptors (Lipinski definition) is 4. The molecule has 22 heavy (non-hydrogen) atoms. The first-order valence-electron chi connectivity index (χ1n) is 7.93. The Morgan fingerprint density at radius 1 is 1.27 bits per heavy atom. The van der Waals surface area contributed by atoms with E-state index in [0.717, 1.165) is 18.2 Å². The second-order valence-electron chi connectivity index (χ2n) is 6.84. The molecule has 0 aliphatic carbocycles. The third-order valence-electron chi connectivity index (χ3n) is 4.53. The second kappa shape index (κ2) is 6.07. The number of thioether (sulfide) groups is 1. The van der Waals surface area contributed by atoms with Gasteiger partial charge in [-0.1, -0.05) is 25.6 Å². The molecule has 0 bridgehead atoms. The molecule has 3 heterocycles. The van der Waals surface area contributed by atoms with Crippen molar-refractivity contribution in [3.8, 4) is 0 Å². The summed E-state index contributed by atoms with van der Waals surface area (Å²) in [6, 6.07) is 0. The molecule has 120 valence electrons. The number of amides is 1. The maximum atomic E-state index is 12.8. The van der Waals surface area contributed by atoms with Gasteiger partial charge in [-0.2, -0.15) is 0 Å². The van der Waals surface area contributed by atoms with Crippen LogP contribution in [0, 0.1) is 24.7 Å². The first kappa shape index (κ1) is 15.6. The maximum absolute atomic E-state index is 12.8. The largest absolute Gasteiger partial charge is 0.342 e. The Morgan fingerprint density at radius 3 is 2.64 bits per heavy atom. The van der Waals surface area contributed by atoms with Gasteiger partial charge in [-0.15, -0.1) is 0 Å². The van der Waals surface area contributed by atoms with Crippen LogP contribution in [0.5, 0.6) is 0 Å². The maximum Gasteiger partial charge on any atom is 0.257 e. The van der Waals surface area contributed by atoms with Crippen molar-refractivity contribution in [1.82, 2.24) is 14.5 Å². The first-order chi connectivity index (χ1) is 10.5. The van der Waals surface area contributed by atoms with Crippen LogP contribution < -0.4 is 5.56 Å². The van der Waals surface area contributed by atoms with E-state index < -0.39 is 0 Å². The second-order valence-corrected chi connectivity index (χ2v) is 7.82. The van der Waals surface area contributed by atoms with E-state index in [-0.39, 0.29) is 17.4 Å². The summed E-state index contributed by atoms with van der Waals surface area (Å²) in [6.07, 6.45) is 2.81. The van der Waals surface area contributed by atoms with Crippen LogP contribution in [0.4, 0.5) is 0 Å². The Bertz CT molecular complexity index is 633. The lowest BCUT2D eigenvalue weighted by molar-refractivity contribution is -0.138. The predicted octanol–water partition coefficient (Wildman–Crippen LogP) is 1.78. The van der Waals surface area contributed by atoms with E-state index in [9.17, 15) is 9.59 Å².